The number of halogens is 3. The summed E-state index contributed by atoms with van der Waals surface area (Å²) in [7, 11) is 0. The number of benzene rings is 2. The summed E-state index contributed by atoms with van der Waals surface area (Å²) in [5, 5.41) is 23.0. The van der Waals surface area contributed by atoms with E-state index in [1.165, 1.54) is 32.0 Å². The fourth-order valence-corrected chi connectivity index (χ4v) is 3.58. The van der Waals surface area contributed by atoms with Gasteiger partial charge in [-0.05, 0) is 44.2 Å². The van der Waals surface area contributed by atoms with E-state index >= 15 is 0 Å². The van der Waals surface area contributed by atoms with Gasteiger partial charge in [-0.15, -0.1) is 0 Å². The maximum absolute atomic E-state index is 13.1. The number of hydrogen-bond donors (Lipinski definition) is 1. The molecule has 8 nitrogen and oxygen atoms in total. The normalized spacial score (nSPS) is 16.4. The lowest BCUT2D eigenvalue weighted by Crippen LogP contribution is -2.48. The molecule has 1 unspecified atom stereocenters. The summed E-state index contributed by atoms with van der Waals surface area (Å²) < 4.78 is 39.4. The van der Waals surface area contributed by atoms with Gasteiger partial charge in [0, 0.05) is 17.3 Å². The van der Waals surface area contributed by atoms with E-state index in [9.17, 15) is 32.9 Å². The topological polar surface area (TPSA) is 116 Å². The zero-order valence-corrected chi connectivity index (χ0v) is 16.7. The standard InChI is InChI=1S/C21H15F3N4O4/c1-11-18(12(2)29)19(16-7-6-13(10-25)8-17(16)28(31)32)26-20(30)27(11)15-5-3-4-14(9-15)21(22,23)24/h3-9,19H,1-2H3,(H,26,30). The molecule has 0 aliphatic carbocycles. The first kappa shape index (κ1) is 22.5. The van der Waals surface area contributed by atoms with Crippen LogP contribution in [0.2, 0.25) is 0 Å². The zero-order chi connectivity index (χ0) is 23.8. The fourth-order valence-electron chi connectivity index (χ4n) is 3.58. The molecular weight excluding hydrogens is 429 g/mol. The average Bonchev–Trinajstić information content (AvgIpc) is 2.72. The van der Waals surface area contributed by atoms with Crippen LogP contribution >= 0.6 is 0 Å². The molecule has 1 aliphatic rings. The smallest absolute Gasteiger partial charge is 0.326 e. The number of urea groups is 1. The number of Topliss-reactive ketones (excluding diaryl/α,β-unsaturated/α-hetero) is 1. The van der Waals surface area contributed by atoms with Crippen LogP contribution in [0.1, 0.15) is 36.6 Å². The molecule has 11 heteroatoms. The first-order valence-corrected chi connectivity index (χ1v) is 9.13. The first-order chi connectivity index (χ1) is 15.0. The number of alkyl halides is 3. The van der Waals surface area contributed by atoms with Crippen molar-refractivity contribution in [3.63, 3.8) is 0 Å². The van der Waals surface area contributed by atoms with Gasteiger partial charge >= 0.3 is 12.2 Å². The molecule has 0 aromatic heterocycles. The van der Waals surface area contributed by atoms with Crippen LogP contribution in [0, 0.1) is 21.4 Å². The van der Waals surface area contributed by atoms with E-state index < -0.39 is 40.2 Å². The van der Waals surface area contributed by atoms with Gasteiger partial charge in [0.1, 0.15) is 0 Å². The average molecular weight is 444 g/mol. The fraction of sp³-hybridized carbons (Fsp3) is 0.190. The van der Waals surface area contributed by atoms with Crippen molar-refractivity contribution >= 4 is 23.2 Å². The van der Waals surface area contributed by atoms with Crippen molar-refractivity contribution < 1.29 is 27.7 Å². The van der Waals surface area contributed by atoms with Crippen LogP contribution in [0.25, 0.3) is 0 Å². The summed E-state index contributed by atoms with van der Waals surface area (Å²) in [4.78, 5) is 37.1. The van der Waals surface area contributed by atoms with Crippen LogP contribution < -0.4 is 10.2 Å². The van der Waals surface area contributed by atoms with E-state index in [0.29, 0.717) is 0 Å². The minimum absolute atomic E-state index is 0.0123. The molecule has 1 heterocycles. The second-order valence-corrected chi connectivity index (χ2v) is 6.96. The van der Waals surface area contributed by atoms with Crippen LogP contribution in [-0.4, -0.2) is 16.7 Å². The van der Waals surface area contributed by atoms with Crippen molar-refractivity contribution in [2.75, 3.05) is 4.90 Å². The number of allylic oxidation sites excluding steroid dienone is 1. The molecule has 1 atom stereocenters. The Morgan fingerprint density at radius 2 is 1.94 bits per heavy atom. The van der Waals surface area contributed by atoms with E-state index in [0.717, 1.165) is 29.2 Å². The van der Waals surface area contributed by atoms with Gasteiger partial charge in [-0.25, -0.2) is 4.79 Å². The lowest BCUT2D eigenvalue weighted by Gasteiger charge is -2.35. The van der Waals surface area contributed by atoms with E-state index in [-0.39, 0.29) is 28.1 Å². The molecule has 0 saturated carbocycles. The van der Waals surface area contributed by atoms with Gasteiger partial charge in [-0.1, -0.05) is 6.07 Å². The van der Waals surface area contributed by atoms with Crippen molar-refractivity contribution in [1.29, 1.82) is 5.26 Å². The molecule has 2 aromatic rings. The Labute approximate surface area is 179 Å². The highest BCUT2D eigenvalue weighted by Gasteiger charge is 2.39. The summed E-state index contributed by atoms with van der Waals surface area (Å²) in [5.74, 6) is -0.539. The number of nitrogens with zero attached hydrogens (tertiary/aromatic N) is 3. The van der Waals surface area contributed by atoms with Gasteiger partial charge in [-0.3, -0.25) is 19.8 Å². The van der Waals surface area contributed by atoms with Crippen LogP contribution in [-0.2, 0) is 11.0 Å². The Hall–Kier alpha value is -4.20. The van der Waals surface area contributed by atoms with Crippen molar-refractivity contribution in [2.45, 2.75) is 26.1 Å². The summed E-state index contributed by atoms with van der Waals surface area (Å²) in [6.07, 6.45) is -4.64. The summed E-state index contributed by atoms with van der Waals surface area (Å²) in [6, 6.07) is 7.30. The third kappa shape index (κ3) is 4.02. The second-order valence-electron chi connectivity index (χ2n) is 6.96. The Morgan fingerprint density at radius 1 is 1.25 bits per heavy atom. The Balaban J connectivity index is 2.19. The molecule has 2 aromatic carbocycles. The molecule has 3 rings (SSSR count). The highest BCUT2D eigenvalue weighted by Crippen LogP contribution is 2.39. The minimum atomic E-state index is -4.64. The lowest BCUT2D eigenvalue weighted by molar-refractivity contribution is -0.385. The number of ketones is 1. The maximum atomic E-state index is 13.1. The number of nitro benzene ring substituents is 1. The monoisotopic (exact) mass is 444 g/mol. The predicted molar refractivity (Wildman–Crippen MR) is 106 cm³/mol. The minimum Gasteiger partial charge on any atom is -0.326 e. The number of nitrogens with one attached hydrogen (secondary N) is 1. The molecule has 164 valence electrons. The number of carbonyl (C=O) groups excluding carboxylic acids is 2. The molecule has 1 N–H and O–H groups in total. The lowest BCUT2D eigenvalue weighted by atomic mass is 9.90. The third-order valence-electron chi connectivity index (χ3n) is 4.96. The quantitative estimate of drug-likeness (QED) is 0.546. The summed E-state index contributed by atoms with van der Waals surface area (Å²) in [5.41, 5.74) is -1.60. The number of nitro groups is 1. The van der Waals surface area contributed by atoms with Crippen LogP contribution in [0.15, 0.2) is 53.7 Å². The van der Waals surface area contributed by atoms with E-state index in [1.807, 2.05) is 0 Å². The molecule has 32 heavy (non-hydrogen) atoms. The van der Waals surface area contributed by atoms with Gasteiger partial charge in [0.25, 0.3) is 5.69 Å². The third-order valence-corrected chi connectivity index (χ3v) is 4.96. The molecule has 0 fully saturated rings. The number of rotatable bonds is 4. The van der Waals surface area contributed by atoms with Gasteiger partial charge in [0.05, 0.1) is 39.4 Å². The molecule has 0 bridgehead atoms. The number of amides is 2. The zero-order valence-electron chi connectivity index (χ0n) is 16.7. The van der Waals surface area contributed by atoms with Gasteiger partial charge in [0.15, 0.2) is 5.78 Å². The Morgan fingerprint density at radius 3 is 2.50 bits per heavy atom. The molecule has 0 saturated heterocycles. The highest BCUT2D eigenvalue weighted by atomic mass is 19.4. The van der Waals surface area contributed by atoms with Gasteiger partial charge in [0.2, 0.25) is 0 Å². The van der Waals surface area contributed by atoms with E-state index in [2.05, 4.69) is 5.32 Å². The van der Waals surface area contributed by atoms with Crippen LogP contribution in [0.3, 0.4) is 0 Å². The molecule has 0 radical (unpaired) electrons. The summed E-state index contributed by atoms with van der Waals surface area (Å²) >= 11 is 0. The van der Waals surface area contributed by atoms with Crippen molar-refractivity contribution in [2.24, 2.45) is 0 Å². The molecule has 0 spiro atoms. The van der Waals surface area contributed by atoms with Gasteiger partial charge in [-0.2, -0.15) is 18.4 Å². The molecular formula is C21H15F3N4O4. The first-order valence-electron chi connectivity index (χ1n) is 9.13. The van der Waals surface area contributed by atoms with E-state index in [1.54, 1.807) is 6.07 Å². The Kier molecular flexibility index (Phi) is 5.72. The number of carbonyl (C=O) groups is 2. The Bertz CT molecular complexity index is 1210. The predicted octanol–water partition coefficient (Wildman–Crippen LogP) is 4.62. The number of hydrogen-bond acceptors (Lipinski definition) is 5. The van der Waals surface area contributed by atoms with Crippen molar-refractivity contribution in [1.82, 2.24) is 5.32 Å². The van der Waals surface area contributed by atoms with Crippen molar-refractivity contribution in [3.8, 4) is 6.07 Å². The SMILES string of the molecule is CC(=O)C1=C(C)N(c2cccc(C(F)(F)F)c2)C(=O)NC1c1ccc(C#N)cc1[N+](=O)[O-]. The van der Waals surface area contributed by atoms with Gasteiger partial charge < -0.3 is 5.32 Å². The number of nitriles is 1. The van der Waals surface area contributed by atoms with E-state index in [4.69, 9.17) is 5.26 Å². The highest BCUT2D eigenvalue weighted by molar-refractivity contribution is 6.05. The van der Waals surface area contributed by atoms with Crippen LogP contribution in [0.5, 0.6) is 0 Å². The number of anilines is 1. The largest absolute Gasteiger partial charge is 0.416 e. The van der Waals surface area contributed by atoms with Crippen molar-refractivity contribution in [3.05, 3.63) is 80.5 Å². The second kappa shape index (κ2) is 8.14. The summed E-state index contributed by atoms with van der Waals surface area (Å²) in [6.45, 7) is 2.56. The maximum Gasteiger partial charge on any atom is 0.416 e. The van der Waals surface area contributed by atoms with Crippen LogP contribution in [0.4, 0.5) is 29.3 Å². The molecule has 2 amide bonds. The molecule has 1 aliphatic heterocycles.